The third-order valence-electron chi connectivity index (χ3n) is 3.23. The maximum absolute atomic E-state index is 12.0. The van der Waals surface area contributed by atoms with Crippen LogP contribution in [0.15, 0.2) is 0 Å². The van der Waals surface area contributed by atoms with Gasteiger partial charge < -0.3 is 16.0 Å². The van der Waals surface area contributed by atoms with Gasteiger partial charge in [-0.15, -0.1) is 0 Å². The average Bonchev–Trinajstić information content (AvgIpc) is 2.27. The lowest BCUT2D eigenvalue weighted by molar-refractivity contribution is -0.133. The van der Waals surface area contributed by atoms with Gasteiger partial charge >= 0.3 is 0 Å². The fourth-order valence-electron chi connectivity index (χ4n) is 2.34. The van der Waals surface area contributed by atoms with Gasteiger partial charge in [0.25, 0.3) is 0 Å². The van der Waals surface area contributed by atoms with E-state index in [2.05, 4.69) is 5.32 Å². The van der Waals surface area contributed by atoms with Gasteiger partial charge in [0.05, 0.1) is 0 Å². The lowest BCUT2D eigenvalue weighted by atomic mass is 10.0. The van der Waals surface area contributed by atoms with Crippen molar-refractivity contribution >= 4 is 11.8 Å². The normalized spacial score (nSPS) is 21.5. The van der Waals surface area contributed by atoms with Crippen LogP contribution in [0.4, 0.5) is 0 Å². The van der Waals surface area contributed by atoms with E-state index in [1.807, 2.05) is 11.8 Å². The Morgan fingerprint density at radius 2 is 2.22 bits per heavy atom. The van der Waals surface area contributed by atoms with Crippen LogP contribution >= 0.6 is 0 Å². The Bertz CT molecular complexity index is 292. The van der Waals surface area contributed by atoms with Crippen molar-refractivity contribution in [3.63, 3.8) is 0 Å². The number of piperidine rings is 1. The molecule has 104 valence electrons. The minimum absolute atomic E-state index is 0.0220. The van der Waals surface area contributed by atoms with Crippen molar-refractivity contribution in [3.05, 3.63) is 0 Å². The highest BCUT2D eigenvalue weighted by molar-refractivity contribution is 5.76. The number of carbonyl (C=O) groups excluding carboxylic acids is 2. The highest BCUT2D eigenvalue weighted by Gasteiger charge is 2.23. The molecule has 0 saturated carbocycles. The SMILES string of the molecule is CC(=O)NC1CCCN(C(=O)CCCC(C)N)C1. The topological polar surface area (TPSA) is 75.4 Å². The summed E-state index contributed by atoms with van der Waals surface area (Å²) in [4.78, 5) is 24.9. The number of likely N-dealkylation sites (tertiary alicyclic amines) is 1. The summed E-state index contributed by atoms with van der Waals surface area (Å²) in [6.07, 6.45) is 4.22. The molecule has 5 heteroatoms. The van der Waals surface area contributed by atoms with Crippen LogP contribution < -0.4 is 11.1 Å². The number of nitrogens with zero attached hydrogens (tertiary/aromatic N) is 1. The van der Waals surface area contributed by atoms with E-state index >= 15 is 0 Å². The summed E-state index contributed by atoms with van der Waals surface area (Å²) in [7, 11) is 0. The molecule has 1 saturated heterocycles. The molecule has 1 fully saturated rings. The molecule has 18 heavy (non-hydrogen) atoms. The zero-order valence-electron chi connectivity index (χ0n) is 11.4. The number of hydrogen-bond acceptors (Lipinski definition) is 3. The molecule has 1 aliphatic heterocycles. The molecule has 0 radical (unpaired) electrons. The van der Waals surface area contributed by atoms with Crippen LogP contribution in [-0.2, 0) is 9.59 Å². The first kappa shape index (κ1) is 15.0. The molecule has 0 aliphatic carbocycles. The second-order valence-corrected chi connectivity index (χ2v) is 5.25. The van der Waals surface area contributed by atoms with Gasteiger partial charge in [-0.3, -0.25) is 9.59 Å². The third-order valence-corrected chi connectivity index (χ3v) is 3.23. The van der Waals surface area contributed by atoms with E-state index in [4.69, 9.17) is 5.73 Å². The van der Waals surface area contributed by atoms with E-state index in [0.29, 0.717) is 13.0 Å². The fraction of sp³-hybridized carbons (Fsp3) is 0.846. The van der Waals surface area contributed by atoms with Crippen LogP contribution in [0.2, 0.25) is 0 Å². The van der Waals surface area contributed by atoms with Gasteiger partial charge in [0, 0.05) is 38.5 Å². The molecule has 0 spiro atoms. The van der Waals surface area contributed by atoms with Gasteiger partial charge in [-0.05, 0) is 32.6 Å². The Morgan fingerprint density at radius 3 is 2.83 bits per heavy atom. The number of amides is 2. The second kappa shape index (κ2) is 7.36. The first-order chi connectivity index (χ1) is 8.49. The van der Waals surface area contributed by atoms with E-state index in [0.717, 1.165) is 32.2 Å². The number of carbonyl (C=O) groups is 2. The maximum atomic E-state index is 12.0. The van der Waals surface area contributed by atoms with Gasteiger partial charge in [-0.2, -0.15) is 0 Å². The molecule has 2 atom stereocenters. The van der Waals surface area contributed by atoms with Crippen molar-refractivity contribution < 1.29 is 9.59 Å². The molecule has 0 aromatic carbocycles. The molecule has 0 bridgehead atoms. The molecule has 1 heterocycles. The van der Waals surface area contributed by atoms with Crippen LogP contribution in [0.1, 0.15) is 46.0 Å². The molecular weight excluding hydrogens is 230 g/mol. The first-order valence-corrected chi connectivity index (χ1v) is 6.79. The maximum Gasteiger partial charge on any atom is 0.222 e. The monoisotopic (exact) mass is 255 g/mol. The Labute approximate surface area is 109 Å². The summed E-state index contributed by atoms with van der Waals surface area (Å²) in [6, 6.07) is 0.278. The number of nitrogens with one attached hydrogen (secondary N) is 1. The molecule has 3 N–H and O–H groups in total. The summed E-state index contributed by atoms with van der Waals surface area (Å²) in [6.45, 7) is 4.94. The molecular formula is C13H25N3O2. The highest BCUT2D eigenvalue weighted by atomic mass is 16.2. The van der Waals surface area contributed by atoms with Crippen LogP contribution in [-0.4, -0.2) is 41.9 Å². The molecule has 0 aromatic rings. The zero-order valence-corrected chi connectivity index (χ0v) is 11.4. The van der Waals surface area contributed by atoms with E-state index in [1.165, 1.54) is 6.92 Å². The van der Waals surface area contributed by atoms with Crippen LogP contribution in [0.25, 0.3) is 0 Å². The smallest absolute Gasteiger partial charge is 0.222 e. The molecule has 2 unspecified atom stereocenters. The molecule has 1 aliphatic rings. The van der Waals surface area contributed by atoms with E-state index in [9.17, 15) is 9.59 Å². The van der Waals surface area contributed by atoms with Gasteiger partial charge in [-0.25, -0.2) is 0 Å². The number of hydrogen-bond donors (Lipinski definition) is 2. The van der Waals surface area contributed by atoms with Crippen molar-refractivity contribution in [1.29, 1.82) is 0 Å². The zero-order chi connectivity index (χ0) is 13.5. The average molecular weight is 255 g/mol. The quantitative estimate of drug-likeness (QED) is 0.756. The van der Waals surface area contributed by atoms with E-state index < -0.39 is 0 Å². The molecule has 0 aromatic heterocycles. The standard InChI is InChI=1S/C13H25N3O2/c1-10(14)5-3-7-13(18)16-8-4-6-12(9-16)15-11(2)17/h10,12H,3-9,14H2,1-2H3,(H,15,17). The van der Waals surface area contributed by atoms with Crippen LogP contribution in [0.3, 0.4) is 0 Å². The fourth-order valence-corrected chi connectivity index (χ4v) is 2.34. The minimum atomic E-state index is -0.0220. The molecule has 5 nitrogen and oxygen atoms in total. The van der Waals surface area contributed by atoms with E-state index in [-0.39, 0.29) is 23.9 Å². The lowest BCUT2D eigenvalue weighted by Gasteiger charge is -2.33. The Morgan fingerprint density at radius 1 is 1.50 bits per heavy atom. The highest BCUT2D eigenvalue weighted by Crippen LogP contribution is 2.12. The summed E-state index contributed by atoms with van der Waals surface area (Å²) < 4.78 is 0. The molecule has 1 rings (SSSR count). The van der Waals surface area contributed by atoms with Gasteiger partial charge in [0.2, 0.25) is 11.8 Å². The van der Waals surface area contributed by atoms with Gasteiger partial charge in [0.15, 0.2) is 0 Å². The van der Waals surface area contributed by atoms with Crippen LogP contribution in [0, 0.1) is 0 Å². The summed E-state index contributed by atoms with van der Waals surface area (Å²) in [5, 5.41) is 2.89. The summed E-state index contributed by atoms with van der Waals surface area (Å²) in [5.74, 6) is 0.164. The third kappa shape index (κ3) is 5.49. The van der Waals surface area contributed by atoms with Crippen molar-refractivity contribution in [2.45, 2.75) is 58.0 Å². The van der Waals surface area contributed by atoms with Crippen molar-refractivity contribution in [1.82, 2.24) is 10.2 Å². The predicted molar refractivity (Wildman–Crippen MR) is 70.9 cm³/mol. The predicted octanol–water partition coefficient (Wildman–Crippen LogP) is 0.631. The lowest BCUT2D eigenvalue weighted by Crippen LogP contribution is -2.49. The van der Waals surface area contributed by atoms with Crippen LogP contribution in [0.5, 0.6) is 0 Å². The molecule has 2 amide bonds. The van der Waals surface area contributed by atoms with E-state index in [1.54, 1.807) is 0 Å². The van der Waals surface area contributed by atoms with Crippen molar-refractivity contribution in [3.8, 4) is 0 Å². The Kier molecular flexibility index (Phi) is 6.12. The van der Waals surface area contributed by atoms with Gasteiger partial charge in [-0.1, -0.05) is 0 Å². The summed E-state index contributed by atoms with van der Waals surface area (Å²) in [5.41, 5.74) is 5.66. The van der Waals surface area contributed by atoms with Gasteiger partial charge in [0.1, 0.15) is 0 Å². The second-order valence-electron chi connectivity index (χ2n) is 5.25. The Balaban J connectivity index is 2.31. The minimum Gasteiger partial charge on any atom is -0.352 e. The number of rotatable bonds is 5. The summed E-state index contributed by atoms with van der Waals surface area (Å²) >= 11 is 0. The largest absolute Gasteiger partial charge is 0.352 e. The number of nitrogens with two attached hydrogens (primary N) is 1. The Hall–Kier alpha value is -1.10. The van der Waals surface area contributed by atoms with Crippen molar-refractivity contribution in [2.75, 3.05) is 13.1 Å². The first-order valence-electron chi connectivity index (χ1n) is 6.79. The van der Waals surface area contributed by atoms with Crippen molar-refractivity contribution in [2.24, 2.45) is 5.73 Å².